The second kappa shape index (κ2) is 8.59. The van der Waals surface area contributed by atoms with Crippen LogP contribution in [0, 0.1) is 24.0 Å². The molecule has 2 aromatic carbocycles. The summed E-state index contributed by atoms with van der Waals surface area (Å²) >= 11 is 0. The van der Waals surface area contributed by atoms with E-state index >= 15 is 0 Å². The Hall–Kier alpha value is -5.11. The van der Waals surface area contributed by atoms with Crippen LogP contribution < -0.4 is 16.6 Å². The molecule has 5 rings (SSSR count). The maximum absolute atomic E-state index is 14.1. The zero-order valence-corrected chi connectivity index (χ0v) is 18.7. The fourth-order valence-electron chi connectivity index (χ4n) is 3.99. The Labute approximate surface area is 202 Å². The van der Waals surface area contributed by atoms with Crippen LogP contribution in [0.25, 0.3) is 22.2 Å². The predicted molar refractivity (Wildman–Crippen MR) is 128 cm³/mol. The first-order valence-corrected chi connectivity index (χ1v) is 10.7. The molecule has 0 saturated heterocycles. The maximum Gasteiger partial charge on any atom is 0.267 e. The van der Waals surface area contributed by atoms with Gasteiger partial charge in [-0.1, -0.05) is 12.0 Å². The molecule has 36 heavy (non-hydrogen) atoms. The highest BCUT2D eigenvalue weighted by molar-refractivity contribution is 6.04. The van der Waals surface area contributed by atoms with Crippen LogP contribution in [0.1, 0.15) is 34.7 Å². The quantitative estimate of drug-likeness (QED) is 0.378. The van der Waals surface area contributed by atoms with Crippen LogP contribution in [0.4, 0.5) is 14.6 Å². The van der Waals surface area contributed by atoms with E-state index in [1.165, 1.54) is 16.8 Å². The molecule has 1 atom stereocenters. The number of benzene rings is 2. The molecule has 11 heteroatoms. The molecule has 3 N–H and O–H groups in total. The second-order valence-electron chi connectivity index (χ2n) is 7.90. The van der Waals surface area contributed by atoms with Crippen LogP contribution >= 0.6 is 0 Å². The highest BCUT2D eigenvalue weighted by Crippen LogP contribution is 2.23. The summed E-state index contributed by atoms with van der Waals surface area (Å²) in [6.45, 7) is 1.59. The number of hydrogen-bond donors (Lipinski definition) is 2. The van der Waals surface area contributed by atoms with Crippen molar-refractivity contribution in [3.63, 3.8) is 0 Å². The number of nitrogens with zero attached hydrogens (tertiary/aromatic N) is 5. The average molecular weight is 485 g/mol. The normalized spacial score (nSPS) is 11.9. The van der Waals surface area contributed by atoms with E-state index in [0.29, 0.717) is 0 Å². The number of halogens is 2. The Morgan fingerprint density at radius 3 is 2.75 bits per heavy atom. The molecule has 1 unspecified atom stereocenters. The second-order valence-corrected chi connectivity index (χ2v) is 7.90. The van der Waals surface area contributed by atoms with Crippen LogP contribution in [0.2, 0.25) is 0 Å². The largest absolute Gasteiger partial charge is 0.381 e. The fraction of sp³-hybridized carbons (Fsp3) is 0.0800. The summed E-state index contributed by atoms with van der Waals surface area (Å²) in [4.78, 5) is 35.5. The Kier molecular flexibility index (Phi) is 5.41. The summed E-state index contributed by atoms with van der Waals surface area (Å²) in [5.74, 6) is -0.384. The average Bonchev–Trinajstić information content (AvgIpc) is 3.21. The van der Waals surface area contributed by atoms with Crippen molar-refractivity contribution in [2.24, 2.45) is 0 Å². The molecule has 0 fully saturated rings. The molecule has 178 valence electrons. The van der Waals surface area contributed by atoms with Gasteiger partial charge in [0.1, 0.15) is 11.4 Å². The van der Waals surface area contributed by atoms with Crippen LogP contribution in [0.5, 0.6) is 0 Å². The zero-order valence-electron chi connectivity index (χ0n) is 18.7. The molecule has 0 bridgehead atoms. The number of nitrogens with one attached hydrogen (secondary N) is 1. The van der Waals surface area contributed by atoms with Gasteiger partial charge < -0.3 is 11.1 Å². The Morgan fingerprint density at radius 2 is 2.00 bits per heavy atom. The van der Waals surface area contributed by atoms with Gasteiger partial charge in [0, 0.05) is 24.0 Å². The summed E-state index contributed by atoms with van der Waals surface area (Å²) in [6, 6.07) is 8.55. The van der Waals surface area contributed by atoms with Crippen LogP contribution in [-0.2, 0) is 0 Å². The molecule has 0 saturated carbocycles. The first-order chi connectivity index (χ1) is 17.3. The molecule has 9 nitrogen and oxygen atoms in total. The maximum atomic E-state index is 14.1. The predicted octanol–water partition coefficient (Wildman–Crippen LogP) is 2.76. The highest BCUT2D eigenvalue weighted by atomic mass is 19.2. The van der Waals surface area contributed by atoms with E-state index in [2.05, 4.69) is 26.3 Å². The number of nitrogens with two attached hydrogens (primary N) is 1. The van der Waals surface area contributed by atoms with Gasteiger partial charge in [0.15, 0.2) is 23.1 Å². The zero-order chi connectivity index (χ0) is 25.6. The van der Waals surface area contributed by atoms with Crippen LogP contribution in [-0.4, -0.2) is 30.1 Å². The molecular weight excluding hydrogens is 468 g/mol. The highest BCUT2D eigenvalue weighted by Gasteiger charge is 2.25. The molecule has 5 aromatic rings. The third kappa shape index (κ3) is 3.61. The molecular formula is C25H17F2N7O2. The number of rotatable bonds is 4. The van der Waals surface area contributed by atoms with Crippen LogP contribution in [0.15, 0.2) is 59.7 Å². The number of anilines is 1. The van der Waals surface area contributed by atoms with Gasteiger partial charge in [-0.2, -0.15) is 0 Å². The van der Waals surface area contributed by atoms with Gasteiger partial charge in [-0.25, -0.2) is 23.3 Å². The number of carbonyl (C=O) groups excluding carboxylic acids is 1. The Bertz CT molecular complexity index is 1790. The lowest BCUT2D eigenvalue weighted by atomic mass is 10.1. The number of nitrogen functional groups attached to an aromatic ring is 1. The molecule has 3 aromatic heterocycles. The monoisotopic (exact) mass is 485 g/mol. The summed E-state index contributed by atoms with van der Waals surface area (Å²) in [5.41, 5.74) is 6.20. The number of carbonyl (C=O) groups is 1. The summed E-state index contributed by atoms with van der Waals surface area (Å²) < 4.78 is 30.2. The molecule has 0 spiro atoms. The summed E-state index contributed by atoms with van der Waals surface area (Å²) in [5, 5.41) is 6.95. The van der Waals surface area contributed by atoms with Crippen molar-refractivity contribution in [1.82, 2.24) is 29.5 Å². The van der Waals surface area contributed by atoms with Crippen molar-refractivity contribution in [2.45, 2.75) is 13.0 Å². The number of hydrogen-bond acceptors (Lipinski definition) is 6. The SMILES string of the molecule is C#Cc1cccc2nc(C(C)NC(=O)c3c(N)nn4cccnc34)n(-c3ccc(F)c(F)c3)c(=O)c12. The van der Waals surface area contributed by atoms with Gasteiger partial charge in [0.25, 0.3) is 11.5 Å². The lowest BCUT2D eigenvalue weighted by Gasteiger charge is -2.20. The van der Waals surface area contributed by atoms with Crippen molar-refractivity contribution in [3.05, 3.63) is 93.8 Å². The van der Waals surface area contributed by atoms with E-state index in [0.717, 1.165) is 16.7 Å². The van der Waals surface area contributed by atoms with Crippen molar-refractivity contribution in [3.8, 4) is 18.0 Å². The lowest BCUT2D eigenvalue weighted by Crippen LogP contribution is -2.33. The van der Waals surface area contributed by atoms with Gasteiger partial charge in [-0.05, 0) is 37.3 Å². The molecule has 1 amide bonds. The first kappa shape index (κ1) is 22.7. The molecule has 0 aliphatic rings. The van der Waals surface area contributed by atoms with E-state index in [9.17, 15) is 18.4 Å². The Balaban J connectivity index is 1.68. The standard InChI is InChI=1S/C25H17F2N7O2/c1-3-14-6-4-7-18-19(14)25(36)34(15-8-9-16(26)17(27)12-15)22(31-18)13(2)30-24(35)20-21(28)32-33-11-5-10-29-23(20)33/h1,4-13H,2H3,(H2,28,32)(H,30,35). The fourth-order valence-corrected chi connectivity index (χ4v) is 3.99. The minimum Gasteiger partial charge on any atom is -0.381 e. The van der Waals surface area contributed by atoms with E-state index in [1.807, 2.05) is 0 Å². The van der Waals surface area contributed by atoms with Crippen molar-refractivity contribution >= 4 is 28.3 Å². The summed E-state index contributed by atoms with van der Waals surface area (Å²) in [6.07, 6.45) is 8.66. The van der Waals surface area contributed by atoms with Crippen molar-refractivity contribution in [2.75, 3.05) is 5.73 Å². The molecule has 3 heterocycles. The van der Waals surface area contributed by atoms with Gasteiger partial charge in [0.05, 0.1) is 22.6 Å². The smallest absolute Gasteiger partial charge is 0.267 e. The molecule has 0 aliphatic carbocycles. The van der Waals surface area contributed by atoms with Gasteiger partial charge in [-0.15, -0.1) is 11.5 Å². The number of fused-ring (bicyclic) bond motifs is 2. The summed E-state index contributed by atoms with van der Waals surface area (Å²) in [7, 11) is 0. The third-order valence-corrected chi connectivity index (χ3v) is 5.62. The number of aromatic nitrogens is 5. The van der Waals surface area contributed by atoms with Crippen molar-refractivity contribution < 1.29 is 13.6 Å². The van der Waals surface area contributed by atoms with Gasteiger partial charge in [-0.3, -0.25) is 14.2 Å². The topological polar surface area (TPSA) is 120 Å². The van der Waals surface area contributed by atoms with Crippen molar-refractivity contribution in [1.29, 1.82) is 0 Å². The molecule has 0 aliphatic heterocycles. The third-order valence-electron chi connectivity index (χ3n) is 5.62. The van der Waals surface area contributed by atoms with E-state index in [4.69, 9.17) is 12.2 Å². The minimum absolute atomic E-state index is 0.00777. The molecule has 0 radical (unpaired) electrons. The van der Waals surface area contributed by atoms with Gasteiger partial charge >= 0.3 is 0 Å². The van der Waals surface area contributed by atoms with E-state index < -0.39 is 29.1 Å². The van der Waals surface area contributed by atoms with Crippen LogP contribution in [0.3, 0.4) is 0 Å². The number of terminal acetylenes is 1. The first-order valence-electron chi connectivity index (χ1n) is 10.7. The van der Waals surface area contributed by atoms with E-state index in [1.54, 1.807) is 37.4 Å². The number of amides is 1. The van der Waals surface area contributed by atoms with E-state index in [-0.39, 0.29) is 45.0 Å². The lowest BCUT2D eigenvalue weighted by molar-refractivity contribution is 0.0940. The Morgan fingerprint density at radius 1 is 1.19 bits per heavy atom. The minimum atomic E-state index is -1.16. The van der Waals surface area contributed by atoms with Gasteiger partial charge in [0.2, 0.25) is 0 Å².